The van der Waals surface area contributed by atoms with E-state index in [1.54, 1.807) is 11.9 Å². The molecule has 0 heterocycles. The first kappa shape index (κ1) is 16.3. The lowest BCUT2D eigenvalue weighted by Crippen LogP contribution is -2.35. The molecule has 0 aliphatic heterocycles. The van der Waals surface area contributed by atoms with Crippen LogP contribution in [0.5, 0.6) is 0 Å². The second-order valence-electron chi connectivity index (χ2n) is 4.52. The van der Waals surface area contributed by atoms with Gasteiger partial charge in [-0.1, -0.05) is 19.1 Å². The minimum atomic E-state index is 0.149. The van der Waals surface area contributed by atoms with Crippen LogP contribution in [0.4, 0.5) is 0 Å². The van der Waals surface area contributed by atoms with E-state index in [9.17, 15) is 4.79 Å². The van der Waals surface area contributed by atoms with Gasteiger partial charge in [0.25, 0.3) is 0 Å². The summed E-state index contributed by atoms with van der Waals surface area (Å²) in [6.45, 7) is 5.73. The van der Waals surface area contributed by atoms with E-state index in [4.69, 9.17) is 18.0 Å². The summed E-state index contributed by atoms with van der Waals surface area (Å²) in [5, 5.41) is 0. The van der Waals surface area contributed by atoms with Crippen LogP contribution in [0.2, 0.25) is 0 Å². The summed E-state index contributed by atoms with van der Waals surface area (Å²) in [5.74, 6) is 0.149. The molecule has 0 saturated carbocycles. The van der Waals surface area contributed by atoms with Gasteiger partial charge in [0.05, 0.1) is 4.99 Å². The molecule has 0 aromatic rings. The Morgan fingerprint density at radius 2 is 1.88 bits per heavy atom. The molecule has 0 rings (SSSR count). The highest BCUT2D eigenvalue weighted by molar-refractivity contribution is 7.80. The van der Waals surface area contributed by atoms with Crippen molar-refractivity contribution < 1.29 is 4.79 Å². The number of nitrogens with zero attached hydrogens (tertiary/aromatic N) is 2. The number of thiocarbonyl (C=S) groups is 1. The normalized spacial score (nSPS) is 12.5. The Kier molecular flexibility index (Phi) is 8.08. The zero-order chi connectivity index (χ0) is 13.4. The van der Waals surface area contributed by atoms with Crippen molar-refractivity contribution in [1.82, 2.24) is 9.80 Å². The van der Waals surface area contributed by atoms with E-state index in [0.717, 1.165) is 13.0 Å². The molecule has 0 aromatic heterocycles. The molecule has 0 aliphatic carbocycles. The van der Waals surface area contributed by atoms with Crippen LogP contribution < -0.4 is 5.73 Å². The molecule has 5 heteroatoms. The molecule has 1 unspecified atom stereocenters. The standard InChI is InChI=1S/C12H25N3OS/c1-5-10(2)14(3)9-7-12(16)15(4)8-6-11(13)17/h10H,5-9H2,1-4H3,(H2,13,17). The summed E-state index contributed by atoms with van der Waals surface area (Å²) in [6.07, 6.45) is 2.25. The molecule has 0 fully saturated rings. The van der Waals surface area contributed by atoms with E-state index < -0.39 is 0 Å². The van der Waals surface area contributed by atoms with Crippen molar-refractivity contribution in [1.29, 1.82) is 0 Å². The minimum Gasteiger partial charge on any atom is -0.393 e. The highest BCUT2D eigenvalue weighted by atomic mass is 32.1. The second kappa shape index (κ2) is 8.42. The number of hydrogen-bond donors (Lipinski definition) is 1. The number of carbonyl (C=O) groups is 1. The summed E-state index contributed by atoms with van der Waals surface area (Å²) in [5.41, 5.74) is 5.41. The average Bonchev–Trinajstić information content (AvgIpc) is 2.31. The van der Waals surface area contributed by atoms with Gasteiger partial charge in [0, 0.05) is 39.0 Å². The lowest BCUT2D eigenvalue weighted by Gasteiger charge is -2.24. The maximum Gasteiger partial charge on any atom is 0.223 e. The van der Waals surface area contributed by atoms with E-state index in [1.807, 2.05) is 0 Å². The van der Waals surface area contributed by atoms with Crippen molar-refractivity contribution in [2.24, 2.45) is 5.73 Å². The minimum absolute atomic E-state index is 0.149. The van der Waals surface area contributed by atoms with Gasteiger partial charge in [-0.25, -0.2) is 0 Å². The molecule has 0 aromatic carbocycles. The Labute approximate surface area is 110 Å². The van der Waals surface area contributed by atoms with Gasteiger partial charge < -0.3 is 15.5 Å². The van der Waals surface area contributed by atoms with Gasteiger partial charge in [0.15, 0.2) is 0 Å². The summed E-state index contributed by atoms with van der Waals surface area (Å²) < 4.78 is 0. The van der Waals surface area contributed by atoms with Gasteiger partial charge >= 0.3 is 0 Å². The molecule has 100 valence electrons. The van der Waals surface area contributed by atoms with Crippen LogP contribution in [0.15, 0.2) is 0 Å². The first-order valence-corrected chi connectivity index (χ1v) is 6.51. The Balaban J connectivity index is 3.88. The maximum absolute atomic E-state index is 11.8. The first-order valence-electron chi connectivity index (χ1n) is 6.11. The molecule has 2 N–H and O–H groups in total. The van der Waals surface area contributed by atoms with Gasteiger partial charge in [-0.3, -0.25) is 4.79 Å². The fourth-order valence-electron chi connectivity index (χ4n) is 1.40. The predicted octanol–water partition coefficient (Wildman–Crippen LogP) is 1.24. The Hall–Kier alpha value is -0.680. The lowest BCUT2D eigenvalue weighted by molar-refractivity contribution is -0.130. The number of amides is 1. The van der Waals surface area contributed by atoms with Crippen molar-refractivity contribution in [3.63, 3.8) is 0 Å². The van der Waals surface area contributed by atoms with Gasteiger partial charge in [-0.2, -0.15) is 0 Å². The Morgan fingerprint density at radius 3 is 2.35 bits per heavy atom. The quantitative estimate of drug-likeness (QED) is 0.666. The smallest absolute Gasteiger partial charge is 0.223 e. The Morgan fingerprint density at radius 1 is 1.29 bits per heavy atom. The molecule has 0 saturated heterocycles. The maximum atomic E-state index is 11.8. The van der Waals surface area contributed by atoms with E-state index >= 15 is 0 Å². The predicted molar refractivity (Wildman–Crippen MR) is 76.0 cm³/mol. The van der Waals surface area contributed by atoms with Crippen molar-refractivity contribution in [3.8, 4) is 0 Å². The molecule has 4 nitrogen and oxygen atoms in total. The molecule has 0 aliphatic rings. The van der Waals surface area contributed by atoms with E-state index in [2.05, 4.69) is 25.8 Å². The van der Waals surface area contributed by atoms with Crippen LogP contribution >= 0.6 is 12.2 Å². The van der Waals surface area contributed by atoms with Crippen LogP contribution in [0, 0.1) is 0 Å². The average molecular weight is 259 g/mol. The zero-order valence-corrected chi connectivity index (χ0v) is 12.2. The van der Waals surface area contributed by atoms with Gasteiger partial charge in [-0.15, -0.1) is 0 Å². The van der Waals surface area contributed by atoms with Crippen molar-refractivity contribution >= 4 is 23.1 Å². The molecule has 17 heavy (non-hydrogen) atoms. The van der Waals surface area contributed by atoms with Crippen LogP contribution in [-0.4, -0.2) is 53.9 Å². The summed E-state index contributed by atoms with van der Waals surface area (Å²) in [4.78, 5) is 16.2. The van der Waals surface area contributed by atoms with Crippen LogP contribution in [-0.2, 0) is 4.79 Å². The molecular weight excluding hydrogens is 234 g/mol. The zero-order valence-electron chi connectivity index (χ0n) is 11.4. The third kappa shape index (κ3) is 7.28. The lowest BCUT2D eigenvalue weighted by atomic mass is 10.2. The van der Waals surface area contributed by atoms with Crippen LogP contribution in [0.1, 0.15) is 33.1 Å². The highest BCUT2D eigenvalue weighted by Crippen LogP contribution is 2.02. The first-order chi connectivity index (χ1) is 7.88. The van der Waals surface area contributed by atoms with Gasteiger partial charge in [-0.05, 0) is 20.4 Å². The Bertz CT molecular complexity index is 258. The summed E-state index contributed by atoms with van der Waals surface area (Å²) >= 11 is 4.79. The third-order valence-corrected chi connectivity index (χ3v) is 3.35. The van der Waals surface area contributed by atoms with Crippen molar-refractivity contribution in [2.45, 2.75) is 39.2 Å². The molecule has 0 bridgehead atoms. The molecular formula is C12H25N3OS. The fraction of sp³-hybridized carbons (Fsp3) is 0.833. The van der Waals surface area contributed by atoms with Crippen LogP contribution in [0.25, 0.3) is 0 Å². The monoisotopic (exact) mass is 259 g/mol. The largest absolute Gasteiger partial charge is 0.393 e. The molecule has 1 amide bonds. The summed E-state index contributed by atoms with van der Waals surface area (Å²) in [6, 6.07) is 0.518. The number of nitrogens with two attached hydrogens (primary N) is 1. The van der Waals surface area contributed by atoms with Crippen LogP contribution in [0.3, 0.4) is 0 Å². The topological polar surface area (TPSA) is 49.6 Å². The van der Waals surface area contributed by atoms with E-state index in [-0.39, 0.29) is 5.91 Å². The second-order valence-corrected chi connectivity index (χ2v) is 5.04. The van der Waals surface area contributed by atoms with Gasteiger partial charge in [0.1, 0.15) is 0 Å². The summed E-state index contributed by atoms with van der Waals surface area (Å²) in [7, 11) is 3.85. The van der Waals surface area contributed by atoms with Gasteiger partial charge in [0.2, 0.25) is 5.91 Å². The molecule has 0 spiro atoms. The van der Waals surface area contributed by atoms with E-state index in [0.29, 0.717) is 30.4 Å². The van der Waals surface area contributed by atoms with E-state index in [1.165, 1.54) is 0 Å². The SMILES string of the molecule is CCC(C)N(C)CCC(=O)N(C)CCC(N)=S. The number of carbonyl (C=O) groups excluding carboxylic acids is 1. The van der Waals surface area contributed by atoms with Crippen molar-refractivity contribution in [2.75, 3.05) is 27.2 Å². The number of rotatable bonds is 8. The highest BCUT2D eigenvalue weighted by Gasteiger charge is 2.12. The fourth-order valence-corrected chi connectivity index (χ4v) is 1.49. The third-order valence-electron chi connectivity index (χ3n) is 3.14. The number of hydrogen-bond acceptors (Lipinski definition) is 3. The van der Waals surface area contributed by atoms with Crippen molar-refractivity contribution in [3.05, 3.63) is 0 Å². The molecule has 0 radical (unpaired) electrons. The molecule has 1 atom stereocenters.